The zero-order valence-electron chi connectivity index (χ0n) is 37.8. The fourth-order valence-electron chi connectivity index (χ4n) is 11.8. The Morgan fingerprint density at radius 3 is 2.38 bits per heavy atom. The molecule has 0 radical (unpaired) electrons. The molecular weight excluding hydrogens is 839 g/mol. The van der Waals surface area contributed by atoms with Gasteiger partial charge in [-0.05, 0) is 135 Å². The molecular formula is C54H61NO11. The van der Waals surface area contributed by atoms with E-state index in [1.807, 2.05) is 43.4 Å². The number of rotatable bonds is 14. The average Bonchev–Trinajstić information content (AvgIpc) is 3.82. The highest BCUT2D eigenvalue weighted by atomic mass is 16.5. The first kappa shape index (κ1) is 44.3. The number of hydrogen-bond acceptors (Lipinski definition) is 12. The molecule has 2 fully saturated rings. The number of methoxy groups -OCH3 is 2. The quantitative estimate of drug-likeness (QED) is 0.0464. The summed E-state index contributed by atoms with van der Waals surface area (Å²) < 4.78 is 40.0. The molecule has 11 rings (SSSR count). The topological polar surface area (TPSA) is 169 Å². The molecule has 2 saturated carbocycles. The predicted octanol–water partition coefficient (Wildman–Crippen LogP) is 8.67. The summed E-state index contributed by atoms with van der Waals surface area (Å²) in [5, 5.41) is 61.4. The minimum absolute atomic E-state index is 0.0465. The van der Waals surface area contributed by atoms with Crippen molar-refractivity contribution in [2.75, 3.05) is 34.5 Å². The molecule has 66 heavy (non-hydrogen) atoms. The fraction of sp³-hybridized carbons (Fsp3) is 0.444. The molecule has 6 aliphatic rings. The van der Waals surface area contributed by atoms with Gasteiger partial charge in [-0.2, -0.15) is 0 Å². The van der Waals surface area contributed by atoms with E-state index in [2.05, 4.69) is 17.5 Å². The van der Waals surface area contributed by atoms with Crippen LogP contribution in [0.4, 0.5) is 0 Å². The van der Waals surface area contributed by atoms with Crippen LogP contribution in [0.15, 0.2) is 91.0 Å². The van der Waals surface area contributed by atoms with E-state index in [1.54, 1.807) is 56.7 Å². The van der Waals surface area contributed by atoms with Crippen molar-refractivity contribution in [3.05, 3.63) is 113 Å². The van der Waals surface area contributed by atoms with E-state index >= 15 is 0 Å². The maximum atomic E-state index is 13.1. The molecule has 12 nitrogen and oxygen atoms in total. The lowest BCUT2D eigenvalue weighted by Gasteiger charge is -2.51. The molecule has 4 aliphatic carbocycles. The van der Waals surface area contributed by atoms with Gasteiger partial charge < -0.3 is 59.3 Å². The molecule has 10 unspecified atom stereocenters. The first-order valence-electron chi connectivity index (χ1n) is 23.6. The van der Waals surface area contributed by atoms with E-state index in [9.17, 15) is 25.5 Å². The minimum atomic E-state index is -1.05. The fourth-order valence-corrected chi connectivity index (χ4v) is 11.8. The third-order valence-corrected chi connectivity index (χ3v) is 14.9. The van der Waals surface area contributed by atoms with Crippen molar-refractivity contribution < 1.29 is 54.0 Å². The molecule has 5 aromatic carbocycles. The lowest BCUT2D eigenvalue weighted by atomic mass is 9.68. The number of aliphatic hydroxyl groups excluding tert-OH is 2. The molecule has 6 N–H and O–H groups in total. The molecule has 0 amide bonds. The third kappa shape index (κ3) is 8.32. The Balaban J connectivity index is 1.10. The zero-order chi connectivity index (χ0) is 45.6. The molecule has 0 spiro atoms. The maximum absolute atomic E-state index is 13.1. The van der Waals surface area contributed by atoms with Crippen molar-refractivity contribution in [2.45, 2.75) is 94.0 Å². The Kier molecular flexibility index (Phi) is 12.5. The Hall–Kier alpha value is -5.50. The smallest absolute Gasteiger partial charge is 0.133 e. The van der Waals surface area contributed by atoms with E-state index in [-0.39, 0.29) is 47.8 Å². The standard InChI is InChI=1S/C54H61NO11/c1-55-49-30-13-16-40(45(59)24-30)54(49)66-53-43-27-47(62-3)41-25-35(58)15-18-39(41)52(43)65-46(12-7-19-61-2)48(53)44-28-63-51-32(23-37(26-42(51)50(44)60)64-36-10-4-5-11-36)20-31-22-34(57)14-17-38(31)29-8-6-9-33(56)21-29/h6,8-9,13-18,21-23,25-27,30,36,40,44-46,48-50,53-60H,4-5,7,10-12,19-20,24,28H2,1-3H3. The van der Waals surface area contributed by atoms with Gasteiger partial charge in [-0.3, -0.25) is 0 Å². The number of fused-ring (bicyclic) bond motifs is 6. The van der Waals surface area contributed by atoms with E-state index in [4.69, 9.17) is 28.4 Å². The Labute approximate surface area is 385 Å². The summed E-state index contributed by atoms with van der Waals surface area (Å²) >= 11 is 0. The number of benzene rings is 5. The predicted molar refractivity (Wildman–Crippen MR) is 250 cm³/mol. The van der Waals surface area contributed by atoms with Gasteiger partial charge in [0.25, 0.3) is 0 Å². The van der Waals surface area contributed by atoms with E-state index in [0.717, 1.165) is 58.9 Å². The maximum Gasteiger partial charge on any atom is 0.133 e. The number of hydrogen-bond donors (Lipinski definition) is 6. The Morgan fingerprint density at radius 1 is 0.803 bits per heavy atom. The van der Waals surface area contributed by atoms with Crippen molar-refractivity contribution in [3.8, 4) is 51.4 Å². The second kappa shape index (κ2) is 18.6. The van der Waals surface area contributed by atoms with Gasteiger partial charge in [0, 0.05) is 71.4 Å². The number of phenols is 3. The Morgan fingerprint density at radius 2 is 1.61 bits per heavy atom. The summed E-state index contributed by atoms with van der Waals surface area (Å²) in [5.74, 6) is 1.52. The summed E-state index contributed by atoms with van der Waals surface area (Å²) in [6, 6.07) is 23.3. The van der Waals surface area contributed by atoms with E-state index in [1.165, 1.54) is 0 Å². The van der Waals surface area contributed by atoms with Crippen LogP contribution in [0.2, 0.25) is 0 Å². The highest BCUT2D eigenvalue weighted by Gasteiger charge is 2.53. The van der Waals surface area contributed by atoms with Crippen LogP contribution in [0.1, 0.15) is 79.4 Å². The summed E-state index contributed by atoms with van der Waals surface area (Å²) in [7, 11) is 5.23. The monoisotopic (exact) mass is 899 g/mol. The first-order valence-corrected chi connectivity index (χ1v) is 23.6. The van der Waals surface area contributed by atoms with Crippen LogP contribution >= 0.6 is 0 Å². The van der Waals surface area contributed by atoms with Crippen molar-refractivity contribution in [3.63, 3.8) is 0 Å². The van der Waals surface area contributed by atoms with Gasteiger partial charge in [-0.1, -0.05) is 30.4 Å². The molecule has 348 valence electrons. The van der Waals surface area contributed by atoms with Gasteiger partial charge in [0.1, 0.15) is 46.4 Å². The molecule has 2 bridgehead atoms. The summed E-state index contributed by atoms with van der Waals surface area (Å²) in [4.78, 5) is 0. The number of nitrogens with one attached hydrogen (secondary N) is 1. The Bertz CT molecular complexity index is 2590. The van der Waals surface area contributed by atoms with Crippen LogP contribution in [0, 0.1) is 23.7 Å². The van der Waals surface area contributed by atoms with Crippen molar-refractivity contribution in [1.29, 1.82) is 0 Å². The highest BCUT2D eigenvalue weighted by molar-refractivity contribution is 5.96. The van der Waals surface area contributed by atoms with Crippen LogP contribution in [0.3, 0.4) is 0 Å². The molecule has 10 atom stereocenters. The van der Waals surface area contributed by atoms with E-state index < -0.39 is 42.4 Å². The normalized spacial score (nSPS) is 27.8. The molecule has 0 saturated heterocycles. The largest absolute Gasteiger partial charge is 0.508 e. The lowest BCUT2D eigenvalue weighted by molar-refractivity contribution is -0.170. The van der Waals surface area contributed by atoms with Crippen molar-refractivity contribution >= 4 is 10.8 Å². The van der Waals surface area contributed by atoms with Gasteiger partial charge in [-0.15, -0.1) is 0 Å². The van der Waals surface area contributed by atoms with Crippen LogP contribution in [0.25, 0.3) is 21.9 Å². The van der Waals surface area contributed by atoms with Gasteiger partial charge in [0.2, 0.25) is 0 Å². The van der Waals surface area contributed by atoms with Gasteiger partial charge in [0.15, 0.2) is 0 Å². The molecule has 2 aliphatic heterocycles. The number of aliphatic hydroxyl groups is 2. The van der Waals surface area contributed by atoms with Crippen LogP contribution in [0.5, 0.6) is 40.2 Å². The number of phenolic OH excluding ortho intramolecular Hbond substituents is 3. The number of ether oxygens (including phenoxy) is 6. The summed E-state index contributed by atoms with van der Waals surface area (Å²) in [6.07, 6.45) is 7.47. The highest BCUT2D eigenvalue weighted by Crippen LogP contribution is 2.56. The van der Waals surface area contributed by atoms with Gasteiger partial charge in [-0.25, -0.2) is 0 Å². The van der Waals surface area contributed by atoms with Crippen molar-refractivity contribution in [2.24, 2.45) is 23.7 Å². The van der Waals surface area contributed by atoms with E-state index in [0.29, 0.717) is 66.2 Å². The molecule has 5 aromatic rings. The van der Waals surface area contributed by atoms with Crippen molar-refractivity contribution in [1.82, 2.24) is 5.32 Å². The molecule has 2 heterocycles. The lowest BCUT2D eigenvalue weighted by Crippen LogP contribution is -2.59. The summed E-state index contributed by atoms with van der Waals surface area (Å²) in [5.41, 5.74) is 4.63. The third-order valence-electron chi connectivity index (χ3n) is 14.9. The van der Waals surface area contributed by atoms with Crippen LogP contribution in [-0.2, 0) is 15.9 Å². The number of likely N-dealkylation sites (N-methyl/N-ethyl adjacent to an activating group) is 1. The second-order valence-corrected chi connectivity index (χ2v) is 18.9. The zero-order valence-corrected chi connectivity index (χ0v) is 37.8. The van der Waals surface area contributed by atoms with Crippen LogP contribution in [-0.4, -0.2) is 90.5 Å². The SMILES string of the molecule is CNC1C2C=CC(C(O)C2)C1OC1c2cc(OC)c3cc(O)ccc3c2OC(CCCOC)C1C1COc2c(Cc3cc(O)ccc3-c3cccc(O)c3)cc(OC3CCCC3)cc2C1O. The molecule has 12 heteroatoms. The van der Waals surface area contributed by atoms with Gasteiger partial charge in [0.05, 0.1) is 44.2 Å². The number of aromatic hydroxyl groups is 3. The second-order valence-electron chi connectivity index (χ2n) is 18.9. The minimum Gasteiger partial charge on any atom is -0.508 e. The van der Waals surface area contributed by atoms with Gasteiger partial charge >= 0.3 is 0 Å². The first-order chi connectivity index (χ1) is 32.1. The average molecular weight is 900 g/mol. The molecule has 0 aromatic heterocycles. The van der Waals surface area contributed by atoms with Crippen LogP contribution < -0.4 is 24.3 Å². The summed E-state index contributed by atoms with van der Waals surface area (Å²) in [6.45, 7) is 0.644.